The van der Waals surface area contributed by atoms with Crippen molar-refractivity contribution < 1.29 is 9.53 Å². The third-order valence-corrected chi connectivity index (χ3v) is 3.82. The first-order valence-corrected chi connectivity index (χ1v) is 7.31. The van der Waals surface area contributed by atoms with Gasteiger partial charge in [-0.1, -0.05) is 43.7 Å². The van der Waals surface area contributed by atoms with Gasteiger partial charge in [-0.25, -0.2) is 0 Å². The fourth-order valence-corrected chi connectivity index (χ4v) is 2.67. The fraction of sp³-hybridized carbons (Fsp3) is 0.562. The molecular formula is C16H24N2O2. The van der Waals surface area contributed by atoms with Gasteiger partial charge in [0.25, 0.3) is 0 Å². The summed E-state index contributed by atoms with van der Waals surface area (Å²) in [7, 11) is 0. The topological polar surface area (TPSA) is 64.4 Å². The summed E-state index contributed by atoms with van der Waals surface area (Å²) in [5.41, 5.74) is 6.37. The Morgan fingerprint density at radius 1 is 1.45 bits per heavy atom. The molecule has 20 heavy (non-hydrogen) atoms. The number of rotatable bonds is 5. The van der Waals surface area contributed by atoms with Crippen LogP contribution in [0.25, 0.3) is 0 Å². The normalized spacial score (nSPS) is 25.1. The lowest BCUT2D eigenvalue weighted by Crippen LogP contribution is -2.54. The lowest BCUT2D eigenvalue weighted by molar-refractivity contribution is -0.127. The largest absolute Gasteiger partial charge is 0.371 e. The maximum Gasteiger partial charge on any atom is 0.240 e. The van der Waals surface area contributed by atoms with Crippen molar-refractivity contribution in [2.24, 2.45) is 5.73 Å². The zero-order chi connectivity index (χ0) is 14.6. The number of nitrogens with one attached hydrogen (secondary N) is 1. The van der Waals surface area contributed by atoms with E-state index in [1.54, 1.807) is 6.92 Å². The van der Waals surface area contributed by atoms with Crippen LogP contribution in [0.1, 0.15) is 44.8 Å². The van der Waals surface area contributed by atoms with Gasteiger partial charge in [0.15, 0.2) is 0 Å². The van der Waals surface area contributed by atoms with E-state index in [9.17, 15) is 4.79 Å². The number of carbonyl (C=O) groups excluding carboxylic acids is 1. The van der Waals surface area contributed by atoms with Crippen LogP contribution in [-0.4, -0.2) is 24.1 Å². The molecule has 4 heteroatoms. The number of nitrogens with two attached hydrogens (primary N) is 1. The third kappa shape index (κ3) is 3.38. The number of hydrogen-bond acceptors (Lipinski definition) is 3. The zero-order valence-electron chi connectivity index (χ0n) is 12.3. The Labute approximate surface area is 120 Å². The van der Waals surface area contributed by atoms with E-state index in [0.29, 0.717) is 13.0 Å². The average molecular weight is 276 g/mol. The fourth-order valence-electron chi connectivity index (χ4n) is 2.67. The van der Waals surface area contributed by atoms with Crippen LogP contribution < -0.4 is 11.1 Å². The molecule has 0 aliphatic carbocycles. The van der Waals surface area contributed by atoms with Crippen LogP contribution in [0.4, 0.5) is 0 Å². The summed E-state index contributed by atoms with van der Waals surface area (Å²) >= 11 is 0. The van der Waals surface area contributed by atoms with E-state index in [0.717, 1.165) is 18.4 Å². The van der Waals surface area contributed by atoms with Gasteiger partial charge < -0.3 is 15.8 Å². The van der Waals surface area contributed by atoms with E-state index in [1.807, 2.05) is 37.3 Å². The van der Waals surface area contributed by atoms with E-state index in [4.69, 9.17) is 10.5 Å². The van der Waals surface area contributed by atoms with Crippen molar-refractivity contribution in [1.82, 2.24) is 5.32 Å². The minimum atomic E-state index is -0.807. The molecule has 110 valence electrons. The summed E-state index contributed by atoms with van der Waals surface area (Å²) in [6, 6.07) is 10.0. The molecule has 1 aromatic rings. The lowest BCUT2D eigenvalue weighted by atomic mass is 9.95. The van der Waals surface area contributed by atoms with Crippen LogP contribution in [0.2, 0.25) is 0 Å². The van der Waals surface area contributed by atoms with Crippen molar-refractivity contribution in [3.8, 4) is 0 Å². The second-order valence-electron chi connectivity index (χ2n) is 5.74. The predicted molar refractivity (Wildman–Crippen MR) is 79.2 cm³/mol. The molecule has 0 spiro atoms. The van der Waals surface area contributed by atoms with Gasteiger partial charge in [-0.2, -0.15) is 0 Å². The second-order valence-corrected chi connectivity index (χ2v) is 5.74. The molecule has 0 radical (unpaired) electrons. The Kier molecular flexibility index (Phi) is 4.78. The Morgan fingerprint density at radius 2 is 2.15 bits per heavy atom. The number of benzene rings is 1. The molecule has 1 saturated heterocycles. The van der Waals surface area contributed by atoms with Crippen LogP contribution in [-0.2, 0) is 9.53 Å². The standard InChI is InChI=1S/C16H24N2O2/c1-3-10-16(2,17)15(19)18-13-9-11-20-14(13)12-7-5-4-6-8-12/h4-8,13-14H,3,9-11,17H2,1-2H3,(H,18,19). The van der Waals surface area contributed by atoms with Crippen LogP contribution in [0, 0.1) is 0 Å². The van der Waals surface area contributed by atoms with E-state index in [2.05, 4.69) is 5.32 Å². The SMILES string of the molecule is CCCC(C)(N)C(=O)NC1CCOC1c1ccccc1. The van der Waals surface area contributed by atoms with Gasteiger partial charge in [0, 0.05) is 6.61 Å². The molecule has 3 N–H and O–H groups in total. The van der Waals surface area contributed by atoms with Gasteiger partial charge in [-0.05, 0) is 25.3 Å². The van der Waals surface area contributed by atoms with Crippen LogP contribution >= 0.6 is 0 Å². The molecule has 3 unspecified atom stereocenters. The van der Waals surface area contributed by atoms with Gasteiger partial charge in [0.2, 0.25) is 5.91 Å². The monoisotopic (exact) mass is 276 g/mol. The van der Waals surface area contributed by atoms with Crippen LogP contribution in [0.15, 0.2) is 30.3 Å². The highest BCUT2D eigenvalue weighted by atomic mass is 16.5. The maximum atomic E-state index is 12.3. The third-order valence-electron chi connectivity index (χ3n) is 3.82. The van der Waals surface area contributed by atoms with Crippen molar-refractivity contribution in [3.05, 3.63) is 35.9 Å². The summed E-state index contributed by atoms with van der Waals surface area (Å²) in [5.74, 6) is -0.0872. The first kappa shape index (κ1) is 15.0. The number of amides is 1. The number of hydrogen-bond donors (Lipinski definition) is 2. The summed E-state index contributed by atoms with van der Waals surface area (Å²) < 4.78 is 5.77. The molecular weight excluding hydrogens is 252 g/mol. The minimum Gasteiger partial charge on any atom is -0.371 e. The summed E-state index contributed by atoms with van der Waals surface area (Å²) in [6.45, 7) is 4.49. The Balaban J connectivity index is 2.03. The molecule has 1 aliphatic heterocycles. The molecule has 0 saturated carbocycles. The van der Waals surface area contributed by atoms with E-state index < -0.39 is 5.54 Å². The highest BCUT2D eigenvalue weighted by Gasteiger charge is 2.35. The van der Waals surface area contributed by atoms with Gasteiger partial charge in [-0.3, -0.25) is 4.79 Å². The maximum absolute atomic E-state index is 12.3. The van der Waals surface area contributed by atoms with E-state index >= 15 is 0 Å². The van der Waals surface area contributed by atoms with Gasteiger partial charge >= 0.3 is 0 Å². The molecule has 1 heterocycles. The smallest absolute Gasteiger partial charge is 0.240 e. The molecule has 1 aromatic carbocycles. The van der Waals surface area contributed by atoms with Crippen molar-refractivity contribution in [2.75, 3.05) is 6.61 Å². The first-order valence-electron chi connectivity index (χ1n) is 7.31. The quantitative estimate of drug-likeness (QED) is 0.866. The second kappa shape index (κ2) is 6.37. The molecule has 4 nitrogen and oxygen atoms in total. The Hall–Kier alpha value is -1.39. The highest BCUT2D eigenvalue weighted by molar-refractivity contribution is 5.85. The molecule has 0 bridgehead atoms. The Bertz CT molecular complexity index is 445. The minimum absolute atomic E-state index is 0.00429. The van der Waals surface area contributed by atoms with Crippen molar-refractivity contribution >= 4 is 5.91 Å². The summed E-state index contributed by atoms with van der Waals surface area (Å²) in [4.78, 5) is 12.3. The van der Waals surface area contributed by atoms with Gasteiger partial charge in [0.05, 0.1) is 11.6 Å². The van der Waals surface area contributed by atoms with E-state index in [-0.39, 0.29) is 18.1 Å². The highest BCUT2D eigenvalue weighted by Crippen LogP contribution is 2.29. The zero-order valence-corrected chi connectivity index (χ0v) is 12.3. The molecule has 0 aromatic heterocycles. The summed E-state index contributed by atoms with van der Waals surface area (Å²) in [6.07, 6.45) is 2.33. The molecule has 1 amide bonds. The van der Waals surface area contributed by atoms with Gasteiger partial charge in [-0.15, -0.1) is 0 Å². The average Bonchev–Trinajstić information content (AvgIpc) is 2.88. The lowest BCUT2D eigenvalue weighted by Gasteiger charge is -2.27. The summed E-state index contributed by atoms with van der Waals surface area (Å²) in [5, 5.41) is 3.06. The molecule has 1 aliphatic rings. The van der Waals surface area contributed by atoms with Crippen molar-refractivity contribution in [3.63, 3.8) is 0 Å². The predicted octanol–water partition coefficient (Wildman–Crippen LogP) is 2.15. The van der Waals surface area contributed by atoms with Gasteiger partial charge in [0.1, 0.15) is 6.10 Å². The number of carbonyl (C=O) groups is 1. The molecule has 3 atom stereocenters. The van der Waals surface area contributed by atoms with Crippen molar-refractivity contribution in [1.29, 1.82) is 0 Å². The molecule has 1 fully saturated rings. The number of ether oxygens (including phenoxy) is 1. The first-order chi connectivity index (χ1) is 9.54. The Morgan fingerprint density at radius 3 is 2.80 bits per heavy atom. The van der Waals surface area contributed by atoms with E-state index in [1.165, 1.54) is 0 Å². The molecule has 2 rings (SSSR count). The van der Waals surface area contributed by atoms with Crippen molar-refractivity contribution in [2.45, 2.75) is 50.8 Å². The van der Waals surface area contributed by atoms with Crippen LogP contribution in [0.3, 0.4) is 0 Å². The van der Waals surface area contributed by atoms with Crippen LogP contribution in [0.5, 0.6) is 0 Å².